The molecule has 6 heteroatoms. The van der Waals surface area contributed by atoms with Gasteiger partial charge in [0.2, 0.25) is 0 Å². The molecule has 0 saturated heterocycles. The summed E-state index contributed by atoms with van der Waals surface area (Å²) < 4.78 is 29.7. The molecular formula is C26H21F2N3O. The number of nitrogens with one attached hydrogen (secondary N) is 1. The van der Waals surface area contributed by atoms with Gasteiger partial charge in [-0.05, 0) is 53.9 Å². The van der Waals surface area contributed by atoms with Gasteiger partial charge in [0.05, 0.1) is 17.9 Å². The molecule has 32 heavy (non-hydrogen) atoms. The second-order valence-electron chi connectivity index (χ2n) is 7.87. The fourth-order valence-corrected chi connectivity index (χ4v) is 4.34. The molecule has 0 saturated carbocycles. The normalized spacial score (nSPS) is 15.0. The number of hydrogen-bond donors (Lipinski definition) is 1. The zero-order valence-corrected chi connectivity index (χ0v) is 17.4. The first kappa shape index (κ1) is 20.0. The topological polar surface area (TPSA) is 37.3 Å². The van der Waals surface area contributed by atoms with Crippen molar-refractivity contribution in [1.29, 1.82) is 0 Å². The van der Waals surface area contributed by atoms with Gasteiger partial charge in [0.15, 0.2) is 0 Å². The molecule has 1 aliphatic rings. The Morgan fingerprint density at radius 1 is 0.969 bits per heavy atom. The molecule has 1 aliphatic heterocycles. The summed E-state index contributed by atoms with van der Waals surface area (Å²) in [5, 5.41) is 2.64. The molecule has 0 unspecified atom stereocenters. The lowest BCUT2D eigenvalue weighted by molar-refractivity contribution is 0.194. The van der Waals surface area contributed by atoms with Crippen LogP contribution >= 0.6 is 0 Å². The SMILES string of the molecule is Cc1ccccc1[C@H]1c2cccn2-c2ccccc2CN1C(=O)Nc1ccc(F)cc1F. The van der Waals surface area contributed by atoms with Gasteiger partial charge in [-0.3, -0.25) is 0 Å². The van der Waals surface area contributed by atoms with Crippen molar-refractivity contribution < 1.29 is 13.6 Å². The molecule has 1 atom stereocenters. The number of aromatic nitrogens is 1. The summed E-state index contributed by atoms with van der Waals surface area (Å²) in [4.78, 5) is 15.2. The van der Waals surface area contributed by atoms with Gasteiger partial charge < -0.3 is 14.8 Å². The van der Waals surface area contributed by atoms with Crippen LogP contribution in [0.25, 0.3) is 5.69 Å². The van der Waals surface area contributed by atoms with Gasteiger partial charge in [0, 0.05) is 18.0 Å². The number of carbonyl (C=O) groups excluding carboxylic acids is 1. The Morgan fingerprint density at radius 3 is 2.56 bits per heavy atom. The quantitative estimate of drug-likeness (QED) is 0.405. The number of para-hydroxylation sites is 1. The van der Waals surface area contributed by atoms with Crippen LogP contribution in [-0.2, 0) is 6.54 Å². The Balaban J connectivity index is 1.65. The van der Waals surface area contributed by atoms with E-state index in [0.29, 0.717) is 6.54 Å². The summed E-state index contributed by atoms with van der Waals surface area (Å²) in [5.74, 6) is -1.51. The zero-order valence-electron chi connectivity index (χ0n) is 17.4. The van der Waals surface area contributed by atoms with E-state index in [1.165, 1.54) is 6.07 Å². The van der Waals surface area contributed by atoms with E-state index in [1.54, 1.807) is 4.90 Å². The number of nitrogens with zero attached hydrogens (tertiary/aromatic N) is 2. The molecule has 2 amide bonds. The number of carbonyl (C=O) groups is 1. The smallest absolute Gasteiger partial charge is 0.318 e. The van der Waals surface area contributed by atoms with Crippen molar-refractivity contribution in [3.63, 3.8) is 0 Å². The van der Waals surface area contributed by atoms with Gasteiger partial charge in [-0.15, -0.1) is 0 Å². The number of rotatable bonds is 2. The molecule has 0 bridgehead atoms. The van der Waals surface area contributed by atoms with E-state index in [-0.39, 0.29) is 5.69 Å². The van der Waals surface area contributed by atoms with Gasteiger partial charge in [-0.2, -0.15) is 0 Å². The summed E-state index contributed by atoms with van der Waals surface area (Å²) in [6, 6.07) is 22.0. The number of urea groups is 1. The van der Waals surface area contributed by atoms with Crippen LogP contribution in [0.1, 0.15) is 28.4 Å². The summed E-state index contributed by atoms with van der Waals surface area (Å²) in [7, 11) is 0. The average Bonchev–Trinajstić information content (AvgIpc) is 3.21. The second kappa shape index (κ2) is 7.96. The van der Waals surface area contributed by atoms with E-state index < -0.39 is 23.7 Å². The summed E-state index contributed by atoms with van der Waals surface area (Å²) in [6.45, 7) is 2.34. The van der Waals surface area contributed by atoms with Crippen molar-refractivity contribution in [2.24, 2.45) is 0 Å². The number of amides is 2. The maximum absolute atomic E-state index is 14.3. The van der Waals surface area contributed by atoms with Crippen LogP contribution in [0.3, 0.4) is 0 Å². The van der Waals surface area contributed by atoms with Crippen LogP contribution in [0.5, 0.6) is 0 Å². The van der Waals surface area contributed by atoms with E-state index >= 15 is 0 Å². The van der Waals surface area contributed by atoms with Crippen molar-refractivity contribution >= 4 is 11.7 Å². The monoisotopic (exact) mass is 429 g/mol. The third-order valence-corrected chi connectivity index (χ3v) is 5.88. The number of aryl methyl sites for hydroxylation is 1. The molecule has 1 aromatic heterocycles. The van der Waals surface area contributed by atoms with Crippen LogP contribution in [0.15, 0.2) is 85.1 Å². The van der Waals surface area contributed by atoms with Gasteiger partial charge in [0.1, 0.15) is 17.7 Å². The first-order valence-corrected chi connectivity index (χ1v) is 10.4. The highest BCUT2D eigenvalue weighted by molar-refractivity contribution is 5.90. The highest BCUT2D eigenvalue weighted by atomic mass is 19.1. The van der Waals surface area contributed by atoms with Crippen LogP contribution in [0.4, 0.5) is 19.3 Å². The number of benzene rings is 3. The molecule has 4 nitrogen and oxygen atoms in total. The largest absolute Gasteiger partial charge is 0.323 e. The second-order valence-corrected chi connectivity index (χ2v) is 7.87. The van der Waals surface area contributed by atoms with E-state index in [2.05, 4.69) is 9.88 Å². The summed E-state index contributed by atoms with van der Waals surface area (Å²) in [5.41, 5.74) is 4.86. The van der Waals surface area contributed by atoms with Crippen molar-refractivity contribution in [2.75, 3.05) is 5.32 Å². The highest BCUT2D eigenvalue weighted by Crippen LogP contribution is 2.38. The molecule has 2 heterocycles. The molecule has 3 aromatic carbocycles. The highest BCUT2D eigenvalue weighted by Gasteiger charge is 2.33. The average molecular weight is 429 g/mol. The molecule has 5 rings (SSSR count). The third-order valence-electron chi connectivity index (χ3n) is 5.88. The standard InChI is InChI=1S/C26H21F2N3O/c1-17-7-2-4-9-20(17)25-24-11-6-14-30(24)23-10-5-3-8-18(23)16-31(25)26(32)29-22-13-12-19(27)15-21(22)28/h2-15,25H,16H2,1H3,(H,29,32)/t25-/m0/s1. The molecule has 160 valence electrons. The van der Waals surface area contributed by atoms with E-state index in [1.807, 2.05) is 73.8 Å². The van der Waals surface area contributed by atoms with Crippen LogP contribution < -0.4 is 5.32 Å². The summed E-state index contributed by atoms with van der Waals surface area (Å²) in [6.07, 6.45) is 1.99. The molecular weight excluding hydrogens is 408 g/mol. The van der Waals surface area contributed by atoms with E-state index in [9.17, 15) is 13.6 Å². The minimum Gasteiger partial charge on any atom is -0.318 e. The lowest BCUT2D eigenvalue weighted by Gasteiger charge is -2.32. The van der Waals surface area contributed by atoms with Crippen molar-refractivity contribution in [1.82, 2.24) is 9.47 Å². The minimum absolute atomic E-state index is 0.0622. The molecule has 0 fully saturated rings. The predicted octanol–water partition coefficient (Wildman–Crippen LogP) is 6.20. The fourth-order valence-electron chi connectivity index (χ4n) is 4.34. The lowest BCUT2D eigenvalue weighted by atomic mass is 9.97. The van der Waals surface area contributed by atoms with Crippen molar-refractivity contribution in [3.05, 3.63) is 119 Å². The third kappa shape index (κ3) is 3.43. The first-order valence-electron chi connectivity index (χ1n) is 10.4. The Hall–Kier alpha value is -3.93. The molecule has 4 aromatic rings. The number of anilines is 1. The fraction of sp³-hybridized carbons (Fsp3) is 0.115. The van der Waals surface area contributed by atoms with Crippen molar-refractivity contribution in [2.45, 2.75) is 19.5 Å². The lowest BCUT2D eigenvalue weighted by Crippen LogP contribution is -2.38. The Bertz CT molecular complexity index is 1310. The number of hydrogen-bond acceptors (Lipinski definition) is 1. The van der Waals surface area contributed by atoms with Gasteiger partial charge >= 0.3 is 6.03 Å². The number of fused-ring (bicyclic) bond motifs is 3. The van der Waals surface area contributed by atoms with E-state index in [4.69, 9.17) is 0 Å². The maximum Gasteiger partial charge on any atom is 0.323 e. The predicted molar refractivity (Wildman–Crippen MR) is 120 cm³/mol. The molecule has 1 N–H and O–H groups in total. The van der Waals surface area contributed by atoms with Gasteiger partial charge in [-0.25, -0.2) is 13.6 Å². The Kier molecular flexibility index (Phi) is 4.98. The summed E-state index contributed by atoms with van der Waals surface area (Å²) >= 11 is 0. The Labute approximate surface area is 184 Å². The first-order chi connectivity index (χ1) is 15.5. The van der Waals surface area contributed by atoms with Gasteiger partial charge in [-0.1, -0.05) is 42.5 Å². The van der Waals surface area contributed by atoms with Crippen LogP contribution in [0.2, 0.25) is 0 Å². The minimum atomic E-state index is -0.815. The van der Waals surface area contributed by atoms with E-state index in [0.717, 1.165) is 40.2 Å². The molecule has 0 aliphatic carbocycles. The van der Waals surface area contributed by atoms with Crippen LogP contribution in [0, 0.1) is 18.6 Å². The van der Waals surface area contributed by atoms with Crippen molar-refractivity contribution in [3.8, 4) is 5.69 Å². The number of halogens is 2. The maximum atomic E-state index is 14.3. The zero-order chi connectivity index (χ0) is 22.2. The van der Waals surface area contributed by atoms with Crippen LogP contribution in [-0.4, -0.2) is 15.5 Å². The van der Waals surface area contributed by atoms with Gasteiger partial charge in [0.25, 0.3) is 0 Å². The Morgan fingerprint density at radius 2 is 1.75 bits per heavy atom. The molecule has 0 spiro atoms. The molecule has 0 radical (unpaired) electrons.